The van der Waals surface area contributed by atoms with Crippen molar-refractivity contribution in [1.82, 2.24) is 19.9 Å². The molecule has 8 aromatic rings. The van der Waals surface area contributed by atoms with Crippen molar-refractivity contribution < 1.29 is 0 Å². The lowest BCUT2D eigenvalue weighted by Gasteiger charge is -2.33. The minimum atomic E-state index is -0.780. The molecule has 0 saturated carbocycles. The highest BCUT2D eigenvalue weighted by atomic mass is 14.9. The largest absolute Gasteiger partial charge is 0.364 e. The van der Waals surface area contributed by atoms with Gasteiger partial charge in [0.05, 0.1) is 11.4 Å². The summed E-state index contributed by atoms with van der Waals surface area (Å²) in [4.78, 5) is 20.9. The molecule has 1 atom stereocenters. The van der Waals surface area contributed by atoms with Gasteiger partial charge in [0.25, 0.3) is 0 Å². The van der Waals surface area contributed by atoms with Crippen molar-refractivity contribution in [2.45, 2.75) is 5.41 Å². The highest BCUT2D eigenvalue weighted by Gasteiger charge is 2.44. The number of aliphatic imine (C=N–C) groups is 1. The Balaban J connectivity index is 1.37. The van der Waals surface area contributed by atoms with Crippen LogP contribution in [0.25, 0.3) is 16.7 Å². The topological polar surface area (TPSA) is 75.5 Å². The SMILES string of the molecule is C1=C/C2=C(\c3ccccc3)c3ccc([nH]3)/C(c3ccccc3)=c3/cc/c([nH]3)=C(\c3ccccc3)c3ccc([nH]3)C(c3ccccc3)(c3ccc[nH]3)C1=N2. The molecule has 0 spiro atoms. The molecule has 252 valence electrons. The van der Waals surface area contributed by atoms with E-state index in [4.69, 9.17) is 4.99 Å². The molecular formula is C48H35N5. The van der Waals surface area contributed by atoms with Crippen LogP contribution in [0.2, 0.25) is 0 Å². The van der Waals surface area contributed by atoms with E-state index in [9.17, 15) is 0 Å². The van der Waals surface area contributed by atoms with Gasteiger partial charge in [0.2, 0.25) is 0 Å². The van der Waals surface area contributed by atoms with Crippen molar-refractivity contribution in [2.75, 3.05) is 0 Å². The van der Waals surface area contributed by atoms with Crippen LogP contribution in [0.5, 0.6) is 0 Å². The van der Waals surface area contributed by atoms with E-state index in [1.54, 1.807) is 0 Å². The molecule has 4 aromatic heterocycles. The Bertz CT molecular complexity index is 2790. The van der Waals surface area contributed by atoms with Gasteiger partial charge in [-0.2, -0.15) is 0 Å². The summed E-state index contributed by atoms with van der Waals surface area (Å²) >= 11 is 0. The fraction of sp³-hybridized carbons (Fsp3) is 0.0208. The molecule has 5 nitrogen and oxygen atoms in total. The number of aromatic amines is 4. The molecule has 1 unspecified atom stereocenters. The summed E-state index contributed by atoms with van der Waals surface area (Å²) < 4.78 is 0. The maximum atomic E-state index is 5.60. The molecule has 53 heavy (non-hydrogen) atoms. The van der Waals surface area contributed by atoms with Gasteiger partial charge in [-0.1, -0.05) is 121 Å². The second kappa shape index (κ2) is 12.6. The van der Waals surface area contributed by atoms with Gasteiger partial charge in [-0.15, -0.1) is 0 Å². The molecule has 0 aliphatic carbocycles. The molecule has 10 rings (SSSR count). The van der Waals surface area contributed by atoms with E-state index >= 15 is 0 Å². The number of hydrogen-bond donors (Lipinski definition) is 4. The summed E-state index contributed by atoms with van der Waals surface area (Å²) in [6.45, 7) is 0. The van der Waals surface area contributed by atoms with Gasteiger partial charge in [-0.05, 0) is 82.9 Å². The van der Waals surface area contributed by atoms with Crippen molar-refractivity contribution in [3.05, 3.63) is 255 Å². The van der Waals surface area contributed by atoms with E-state index < -0.39 is 5.41 Å². The molecule has 0 amide bonds. The van der Waals surface area contributed by atoms with E-state index in [2.05, 4.69) is 202 Å². The molecule has 8 bridgehead atoms. The van der Waals surface area contributed by atoms with E-state index in [1.165, 1.54) is 0 Å². The zero-order valence-electron chi connectivity index (χ0n) is 28.8. The molecule has 4 N–H and O–H groups in total. The van der Waals surface area contributed by atoms with Gasteiger partial charge in [-0.25, -0.2) is 0 Å². The number of hydrogen-bond acceptors (Lipinski definition) is 1. The maximum absolute atomic E-state index is 5.60. The second-order valence-corrected chi connectivity index (χ2v) is 13.5. The average Bonchev–Trinajstić information content (AvgIpc) is 4.07. The normalized spacial score (nSPS) is 20.0. The first-order chi connectivity index (χ1) is 26.3. The van der Waals surface area contributed by atoms with Crippen LogP contribution in [-0.4, -0.2) is 25.6 Å². The lowest BCUT2D eigenvalue weighted by molar-refractivity contribution is 0.773. The summed E-state index contributed by atoms with van der Waals surface area (Å²) in [5.74, 6) is 0. The van der Waals surface area contributed by atoms with E-state index in [0.717, 1.165) is 89.5 Å². The summed E-state index contributed by atoms with van der Waals surface area (Å²) in [6, 6.07) is 59.9. The third kappa shape index (κ3) is 5.05. The number of nitrogens with one attached hydrogen (secondary N) is 4. The zero-order chi connectivity index (χ0) is 35.2. The minimum Gasteiger partial charge on any atom is -0.364 e. The Morgan fingerprint density at radius 3 is 1.51 bits per heavy atom. The van der Waals surface area contributed by atoms with Gasteiger partial charge < -0.3 is 19.9 Å². The van der Waals surface area contributed by atoms with Gasteiger partial charge >= 0.3 is 0 Å². The van der Waals surface area contributed by atoms with Crippen molar-refractivity contribution in [2.24, 2.45) is 4.99 Å². The smallest absolute Gasteiger partial charge is 0.117 e. The number of aromatic nitrogens is 4. The summed E-state index contributed by atoms with van der Waals surface area (Å²) in [7, 11) is 0. The third-order valence-corrected chi connectivity index (χ3v) is 10.5. The Kier molecular flexibility index (Phi) is 7.29. The van der Waals surface area contributed by atoms with Crippen LogP contribution >= 0.6 is 0 Å². The zero-order valence-corrected chi connectivity index (χ0v) is 28.8. The lowest BCUT2D eigenvalue weighted by atomic mass is 9.71. The number of H-pyrrole nitrogens is 4. The summed E-state index contributed by atoms with van der Waals surface area (Å²) in [5, 5.41) is 2.04. The Morgan fingerprint density at radius 1 is 0.396 bits per heavy atom. The van der Waals surface area contributed by atoms with Crippen LogP contribution in [0.4, 0.5) is 0 Å². The predicted octanol–water partition coefficient (Wildman–Crippen LogP) is 8.61. The average molecular weight is 682 g/mol. The van der Waals surface area contributed by atoms with E-state index in [0.29, 0.717) is 0 Å². The Hall–Kier alpha value is -7.11. The van der Waals surface area contributed by atoms with Crippen LogP contribution in [0.15, 0.2) is 199 Å². The van der Waals surface area contributed by atoms with Crippen molar-refractivity contribution in [3.63, 3.8) is 0 Å². The molecule has 5 heteroatoms. The van der Waals surface area contributed by atoms with Gasteiger partial charge in [0, 0.05) is 62.1 Å². The van der Waals surface area contributed by atoms with Crippen LogP contribution < -0.4 is 10.7 Å². The molecular weight excluding hydrogens is 647 g/mol. The standard InChI is InChI=1S/C48H35N5/c1-5-14-32(15-6-1)45-36-23-25-38(50-36)46(33-16-7-2-8-17-33)40-27-29-43(52-40)48(42-22-13-31-49-42,35-20-11-4-12-21-35)44-30-28-41(53-44)47(34-18-9-3-10-19-34)39-26-24-37(45)51-39/h1-31,49-52H/b45-36-,46-38-,47-41-. The van der Waals surface area contributed by atoms with Crippen LogP contribution in [-0.2, 0) is 5.41 Å². The number of benzene rings is 4. The van der Waals surface area contributed by atoms with Crippen LogP contribution in [0.1, 0.15) is 50.7 Å². The number of fused-ring (bicyclic) bond motifs is 7. The van der Waals surface area contributed by atoms with Gasteiger partial charge in [0.1, 0.15) is 5.41 Å². The van der Waals surface area contributed by atoms with Crippen molar-refractivity contribution in [3.8, 4) is 0 Å². The Labute approximate surface area is 307 Å². The van der Waals surface area contributed by atoms with Crippen LogP contribution in [0, 0.1) is 0 Å². The molecule has 6 heterocycles. The number of rotatable bonds is 5. The van der Waals surface area contributed by atoms with Gasteiger partial charge in [-0.3, -0.25) is 4.99 Å². The quantitative estimate of drug-likeness (QED) is 0.141. The monoisotopic (exact) mass is 681 g/mol. The lowest BCUT2D eigenvalue weighted by Crippen LogP contribution is -2.38. The van der Waals surface area contributed by atoms with Crippen LogP contribution in [0.3, 0.4) is 0 Å². The highest BCUT2D eigenvalue weighted by molar-refractivity contribution is 6.12. The van der Waals surface area contributed by atoms with Crippen molar-refractivity contribution >= 4 is 22.4 Å². The predicted molar refractivity (Wildman–Crippen MR) is 214 cm³/mol. The number of nitrogens with zero attached hydrogens (tertiary/aromatic N) is 1. The van der Waals surface area contributed by atoms with E-state index in [1.807, 2.05) is 6.20 Å². The molecule has 0 saturated heterocycles. The number of allylic oxidation sites excluding steroid dienone is 2. The minimum absolute atomic E-state index is 0.780. The molecule has 0 radical (unpaired) electrons. The molecule has 2 aliphatic heterocycles. The Morgan fingerprint density at radius 2 is 0.925 bits per heavy atom. The van der Waals surface area contributed by atoms with E-state index in [-0.39, 0.29) is 0 Å². The maximum Gasteiger partial charge on any atom is 0.117 e. The summed E-state index contributed by atoms with van der Waals surface area (Å²) in [6.07, 6.45) is 6.35. The van der Waals surface area contributed by atoms with Gasteiger partial charge in [0.15, 0.2) is 0 Å². The molecule has 0 fully saturated rings. The second-order valence-electron chi connectivity index (χ2n) is 13.5. The fourth-order valence-electron chi connectivity index (χ4n) is 8.14. The first kappa shape index (κ1) is 30.7. The third-order valence-electron chi connectivity index (χ3n) is 10.5. The first-order valence-electron chi connectivity index (χ1n) is 18.0. The molecule has 2 aliphatic rings. The van der Waals surface area contributed by atoms with Crippen molar-refractivity contribution in [1.29, 1.82) is 0 Å². The fourth-order valence-corrected chi connectivity index (χ4v) is 8.14. The first-order valence-corrected chi connectivity index (χ1v) is 18.0. The highest BCUT2D eigenvalue weighted by Crippen LogP contribution is 2.43. The summed E-state index contributed by atoms with van der Waals surface area (Å²) in [5.41, 5.74) is 13.7. The molecule has 4 aromatic carbocycles.